The van der Waals surface area contributed by atoms with Gasteiger partial charge >= 0.3 is 0 Å². The van der Waals surface area contributed by atoms with E-state index in [0.717, 1.165) is 17.1 Å². The molecular weight excluding hydrogens is 396 g/mol. The highest BCUT2D eigenvalue weighted by Gasteiger charge is 2.23. The second-order valence-corrected chi connectivity index (χ2v) is 6.93. The molecule has 0 spiro atoms. The van der Waals surface area contributed by atoms with E-state index < -0.39 is 0 Å². The highest BCUT2D eigenvalue weighted by Crippen LogP contribution is 2.27. The lowest BCUT2D eigenvalue weighted by atomic mass is 10.2. The maximum absolute atomic E-state index is 6.54. The minimum Gasteiger partial charge on any atom is -0.368 e. The largest absolute Gasteiger partial charge is 0.368 e. The van der Waals surface area contributed by atoms with E-state index >= 15 is 0 Å². The Labute approximate surface area is 187 Å². The van der Waals surface area contributed by atoms with Crippen LogP contribution in [-0.2, 0) is 0 Å². The fourth-order valence-corrected chi connectivity index (χ4v) is 3.15. The average molecular weight is 421 g/mol. The third kappa shape index (κ3) is 5.00. The van der Waals surface area contributed by atoms with Crippen molar-refractivity contribution in [2.24, 2.45) is 21.6 Å². The molecule has 0 atom stereocenters. The van der Waals surface area contributed by atoms with Crippen LogP contribution in [0.4, 0.5) is 22.7 Å². The number of nitrogens with two attached hydrogens (primary N) is 2. The molecule has 0 aliphatic rings. The van der Waals surface area contributed by atoms with E-state index in [1.165, 1.54) is 5.01 Å². The van der Waals surface area contributed by atoms with E-state index in [1.54, 1.807) is 0 Å². The first-order valence-corrected chi connectivity index (χ1v) is 10.2. The third-order valence-electron chi connectivity index (χ3n) is 4.68. The SMILES string of the molecule is NC(=Nc1ccccc1)N(N)C(=Nc1ccccc1)N(c1ccccc1)c1ccccc1. The van der Waals surface area contributed by atoms with Crippen molar-refractivity contribution < 1.29 is 0 Å². The number of anilines is 2. The number of hydrazine groups is 1. The van der Waals surface area contributed by atoms with Gasteiger partial charge in [0.15, 0.2) is 0 Å². The molecule has 4 aromatic carbocycles. The third-order valence-corrected chi connectivity index (χ3v) is 4.68. The summed E-state index contributed by atoms with van der Waals surface area (Å²) in [6.45, 7) is 0. The van der Waals surface area contributed by atoms with Gasteiger partial charge in [0.05, 0.1) is 11.4 Å². The number of guanidine groups is 2. The number of benzene rings is 4. The molecule has 0 saturated carbocycles. The molecule has 0 fully saturated rings. The Morgan fingerprint density at radius 1 is 0.531 bits per heavy atom. The van der Waals surface area contributed by atoms with Gasteiger partial charge in [0, 0.05) is 11.4 Å². The van der Waals surface area contributed by atoms with Crippen molar-refractivity contribution in [1.29, 1.82) is 0 Å². The predicted molar refractivity (Wildman–Crippen MR) is 132 cm³/mol. The molecule has 0 bridgehead atoms. The maximum Gasteiger partial charge on any atom is 0.233 e. The topological polar surface area (TPSA) is 83.2 Å². The second kappa shape index (κ2) is 10.1. The van der Waals surface area contributed by atoms with Crippen molar-refractivity contribution in [3.05, 3.63) is 121 Å². The zero-order valence-corrected chi connectivity index (χ0v) is 17.5. The number of hydrogen-bond acceptors (Lipinski definition) is 3. The molecule has 0 saturated heterocycles. The fourth-order valence-electron chi connectivity index (χ4n) is 3.15. The van der Waals surface area contributed by atoms with Gasteiger partial charge in [-0.25, -0.2) is 20.8 Å². The number of nitrogens with zero attached hydrogens (tertiary/aromatic N) is 4. The van der Waals surface area contributed by atoms with Crippen LogP contribution in [0.15, 0.2) is 131 Å². The van der Waals surface area contributed by atoms with Gasteiger partial charge in [-0.1, -0.05) is 72.8 Å². The zero-order valence-electron chi connectivity index (χ0n) is 17.5. The van der Waals surface area contributed by atoms with Crippen molar-refractivity contribution in [1.82, 2.24) is 5.01 Å². The number of hydrogen-bond donors (Lipinski definition) is 2. The average Bonchev–Trinajstić information content (AvgIpc) is 2.86. The van der Waals surface area contributed by atoms with Gasteiger partial charge < -0.3 is 5.73 Å². The lowest BCUT2D eigenvalue weighted by Gasteiger charge is -2.31. The van der Waals surface area contributed by atoms with Gasteiger partial charge in [0.1, 0.15) is 0 Å². The Balaban J connectivity index is 1.86. The van der Waals surface area contributed by atoms with Crippen LogP contribution in [0.25, 0.3) is 0 Å². The first-order chi connectivity index (χ1) is 15.7. The molecule has 0 aromatic heterocycles. The molecule has 4 aromatic rings. The van der Waals surface area contributed by atoms with E-state index in [1.807, 2.05) is 126 Å². The molecule has 0 radical (unpaired) electrons. The van der Waals surface area contributed by atoms with E-state index in [-0.39, 0.29) is 5.96 Å². The van der Waals surface area contributed by atoms with Crippen LogP contribution < -0.4 is 16.5 Å². The number of rotatable bonds is 4. The Morgan fingerprint density at radius 3 is 1.34 bits per heavy atom. The summed E-state index contributed by atoms with van der Waals surface area (Å²) in [5.41, 5.74) is 9.55. The molecule has 6 heteroatoms. The summed E-state index contributed by atoms with van der Waals surface area (Å²) >= 11 is 0. The molecule has 4 rings (SSSR count). The van der Waals surface area contributed by atoms with Crippen molar-refractivity contribution >= 4 is 34.7 Å². The van der Waals surface area contributed by atoms with Gasteiger partial charge in [-0.2, -0.15) is 0 Å². The first-order valence-electron chi connectivity index (χ1n) is 10.2. The van der Waals surface area contributed by atoms with E-state index in [0.29, 0.717) is 11.6 Å². The van der Waals surface area contributed by atoms with Crippen LogP contribution in [0, 0.1) is 0 Å². The first kappa shape index (κ1) is 20.8. The Kier molecular flexibility index (Phi) is 6.55. The van der Waals surface area contributed by atoms with Crippen LogP contribution in [-0.4, -0.2) is 16.9 Å². The summed E-state index contributed by atoms with van der Waals surface area (Å²) in [6.07, 6.45) is 0. The highest BCUT2D eigenvalue weighted by molar-refractivity contribution is 6.10. The van der Waals surface area contributed by atoms with Crippen LogP contribution in [0.3, 0.4) is 0 Å². The second-order valence-electron chi connectivity index (χ2n) is 6.93. The molecule has 0 aliphatic heterocycles. The summed E-state index contributed by atoms with van der Waals surface area (Å²) in [7, 11) is 0. The minimum absolute atomic E-state index is 0.114. The van der Waals surface area contributed by atoms with Crippen LogP contribution in [0.1, 0.15) is 0 Å². The predicted octanol–water partition coefficient (Wildman–Crippen LogP) is 5.33. The molecule has 6 nitrogen and oxygen atoms in total. The highest BCUT2D eigenvalue weighted by atomic mass is 15.6. The van der Waals surface area contributed by atoms with E-state index in [4.69, 9.17) is 16.6 Å². The summed E-state index contributed by atoms with van der Waals surface area (Å²) in [6, 6.07) is 38.8. The molecule has 0 amide bonds. The minimum atomic E-state index is 0.114. The summed E-state index contributed by atoms with van der Waals surface area (Å²) in [5.74, 6) is 7.06. The monoisotopic (exact) mass is 420 g/mol. The molecular formula is C26H24N6. The van der Waals surface area contributed by atoms with Crippen LogP contribution in [0.5, 0.6) is 0 Å². The van der Waals surface area contributed by atoms with Crippen LogP contribution >= 0.6 is 0 Å². The van der Waals surface area contributed by atoms with Crippen molar-refractivity contribution in [3.8, 4) is 0 Å². The molecule has 158 valence electrons. The summed E-state index contributed by atoms with van der Waals surface area (Å²) < 4.78 is 0. The quantitative estimate of drug-likeness (QED) is 0.202. The Hall–Kier alpha value is -4.42. The van der Waals surface area contributed by atoms with E-state index in [9.17, 15) is 0 Å². The standard InChI is InChI=1S/C26H24N6/c27-25(29-21-13-5-1-6-14-21)32(28)26(30-22-15-7-2-8-16-22)31(23-17-9-3-10-18-23)24-19-11-4-12-20-24/h1-20H,28H2,(H2,27,29). The van der Waals surface area contributed by atoms with Gasteiger partial charge in [-0.3, -0.25) is 4.90 Å². The van der Waals surface area contributed by atoms with Crippen LogP contribution in [0.2, 0.25) is 0 Å². The molecule has 0 heterocycles. The lowest BCUT2D eigenvalue weighted by Crippen LogP contribution is -2.52. The molecule has 4 N–H and O–H groups in total. The summed E-state index contributed by atoms with van der Waals surface area (Å²) in [5, 5.41) is 1.31. The Bertz CT molecular complexity index is 1140. The molecule has 32 heavy (non-hydrogen) atoms. The van der Waals surface area contributed by atoms with Crippen molar-refractivity contribution in [3.63, 3.8) is 0 Å². The van der Waals surface area contributed by atoms with Gasteiger partial charge in [-0.05, 0) is 48.5 Å². The van der Waals surface area contributed by atoms with E-state index in [2.05, 4.69) is 4.99 Å². The fraction of sp³-hybridized carbons (Fsp3) is 0. The van der Waals surface area contributed by atoms with Gasteiger partial charge in [0.25, 0.3) is 0 Å². The zero-order chi connectivity index (χ0) is 22.2. The van der Waals surface area contributed by atoms with Gasteiger partial charge in [0.2, 0.25) is 11.9 Å². The number of aliphatic imine (C=N–C) groups is 2. The Morgan fingerprint density at radius 2 is 0.906 bits per heavy atom. The number of para-hydroxylation sites is 4. The van der Waals surface area contributed by atoms with Crippen molar-refractivity contribution in [2.75, 3.05) is 4.90 Å². The van der Waals surface area contributed by atoms with Gasteiger partial charge in [-0.15, -0.1) is 0 Å². The maximum atomic E-state index is 6.54. The van der Waals surface area contributed by atoms with Crippen molar-refractivity contribution in [2.45, 2.75) is 0 Å². The molecule has 0 aliphatic carbocycles. The molecule has 0 unspecified atom stereocenters. The summed E-state index contributed by atoms with van der Waals surface area (Å²) in [4.78, 5) is 11.3. The smallest absolute Gasteiger partial charge is 0.233 e. The normalized spacial score (nSPS) is 11.8. The lowest BCUT2D eigenvalue weighted by molar-refractivity contribution is 0.635.